The first kappa shape index (κ1) is 73.8. The largest absolute Gasteiger partial charge is 0.379 e. The molecule has 0 saturated carbocycles. The minimum absolute atomic E-state index is 0.279. The topological polar surface area (TPSA) is 154 Å². The van der Waals surface area contributed by atoms with Gasteiger partial charge in [-0.05, 0) is 68.8 Å². The van der Waals surface area contributed by atoms with Crippen molar-refractivity contribution in [1.29, 1.82) is 0 Å². The number of fused-ring (bicyclic) bond motifs is 20. The number of hydrogen-bond donors (Lipinski definition) is 10. The van der Waals surface area contributed by atoms with Crippen molar-refractivity contribution in [1.82, 2.24) is 19.9 Å². The van der Waals surface area contributed by atoms with E-state index < -0.39 is 0 Å². The van der Waals surface area contributed by atoms with Gasteiger partial charge >= 0.3 is 0 Å². The molecular weight excluding hydrogens is 1560 g/mol. The van der Waals surface area contributed by atoms with Gasteiger partial charge in [-0.1, -0.05) is 335 Å². The van der Waals surface area contributed by atoms with E-state index in [0.29, 0.717) is 186 Å². The number of benzene rings is 12. The molecular formula is C92H70Cl8N12. The van der Waals surface area contributed by atoms with Crippen LogP contribution in [-0.2, 0) is 52.4 Å². The number of halogens is 8. The Morgan fingerprint density at radius 3 is 0.500 bits per heavy atom. The van der Waals surface area contributed by atoms with Gasteiger partial charge in [-0.15, -0.1) is 0 Å². The Kier molecular flexibility index (Phi) is 21.6. The zero-order valence-corrected chi connectivity index (χ0v) is 66.0. The van der Waals surface area contributed by atoms with Gasteiger partial charge < -0.3 is 52.5 Å². The molecule has 10 N–H and O–H groups in total. The van der Waals surface area contributed by atoms with Crippen molar-refractivity contribution < 1.29 is 0 Å². The first-order valence-electron chi connectivity index (χ1n) is 36.7. The molecule has 15 aromatic rings. The van der Waals surface area contributed by atoms with Crippen molar-refractivity contribution in [2.45, 2.75) is 52.4 Å². The molecule has 0 atom stereocenters. The number of aromatic amines is 2. The van der Waals surface area contributed by atoms with E-state index in [0.717, 1.165) is 44.5 Å². The second kappa shape index (κ2) is 32.7. The fraction of sp³-hybridized carbons (Fsp3) is 0.0870. The summed E-state index contributed by atoms with van der Waals surface area (Å²) in [5, 5.41) is 35.5. The summed E-state index contributed by atoms with van der Waals surface area (Å²) in [5.74, 6) is 0. The summed E-state index contributed by atoms with van der Waals surface area (Å²) in [7, 11) is 0. The van der Waals surface area contributed by atoms with Gasteiger partial charge in [0.1, 0.15) is 0 Å². The average Bonchev–Trinajstić information content (AvgIpc) is 1.56. The summed E-state index contributed by atoms with van der Waals surface area (Å²) in [6.45, 7) is 2.96. The molecule has 0 fully saturated rings. The van der Waals surface area contributed by atoms with Crippen LogP contribution in [0.5, 0.6) is 0 Å². The highest BCUT2D eigenvalue weighted by molar-refractivity contribution is 6.51. The van der Waals surface area contributed by atoms with E-state index >= 15 is 0 Å². The van der Waals surface area contributed by atoms with E-state index in [2.05, 4.69) is 174 Å². The first-order valence-corrected chi connectivity index (χ1v) is 39.7. The zero-order valence-electron chi connectivity index (χ0n) is 60.0. The Hall–Kier alpha value is -11.0. The minimum Gasteiger partial charge on any atom is -0.379 e. The predicted octanol–water partition coefficient (Wildman–Crippen LogP) is 27.4. The van der Waals surface area contributed by atoms with Crippen molar-refractivity contribution in [2.75, 3.05) is 42.5 Å². The van der Waals surface area contributed by atoms with Crippen LogP contribution in [0, 0.1) is 0 Å². The van der Waals surface area contributed by atoms with Crippen molar-refractivity contribution >= 4 is 182 Å². The molecule has 12 nitrogen and oxygen atoms in total. The van der Waals surface area contributed by atoms with Crippen LogP contribution < -0.4 is 42.5 Å². The lowest BCUT2D eigenvalue weighted by molar-refractivity contribution is 1.14. The van der Waals surface area contributed by atoms with Gasteiger partial charge in [0, 0.05) is 96.2 Å². The van der Waals surface area contributed by atoms with Crippen LogP contribution >= 0.6 is 92.8 Å². The number of aromatic nitrogens is 4. The third-order valence-corrected chi connectivity index (χ3v) is 23.7. The average molecular weight is 1630 g/mol. The number of hydrogen-bond acceptors (Lipinski definition) is 10. The molecule has 5 heterocycles. The molecule has 2 aliphatic rings. The van der Waals surface area contributed by atoms with Crippen molar-refractivity contribution in [3.63, 3.8) is 0 Å². The lowest BCUT2D eigenvalue weighted by Gasteiger charge is -2.20. The SMILES string of the molecule is Clc1c(Cl)c(NCc2ccccc2)c2c(c1NCc1ccccc1)-c1cc3[nH]c(cc4nc(cc5[nH]c(cc-2n1)c1c(NCc2ccccc2)c(Cl)c(Cl)c(NCc2ccccc2)c51)-c1c(NCc2ccccc2)c(Cl)c(Cl)c(NCc2ccccc2)c1-4)c1c(NCc2ccccc2)c(Cl)c(Cl)c(NCc2ccccc2)c31. The van der Waals surface area contributed by atoms with Crippen LogP contribution in [0.15, 0.2) is 267 Å². The smallest absolute Gasteiger partial charge is 0.0852 e. The van der Waals surface area contributed by atoms with E-state index in [1.165, 1.54) is 0 Å². The van der Waals surface area contributed by atoms with Crippen LogP contribution in [0.25, 0.3) is 88.6 Å². The molecule has 2 aliphatic heterocycles. The van der Waals surface area contributed by atoms with Gasteiger partial charge in [0.25, 0.3) is 0 Å². The van der Waals surface area contributed by atoms with Crippen LogP contribution in [0.4, 0.5) is 45.5 Å². The lowest BCUT2D eigenvalue weighted by Crippen LogP contribution is -2.06. The molecule has 8 bridgehead atoms. The normalized spacial score (nSPS) is 11.5. The van der Waals surface area contributed by atoms with Gasteiger partial charge in [0.05, 0.1) is 131 Å². The number of anilines is 8. The lowest BCUT2D eigenvalue weighted by atomic mass is 9.98. The Labute approximate surface area is 687 Å². The summed E-state index contributed by atoms with van der Waals surface area (Å²) < 4.78 is 0. The Bertz CT molecular complexity index is 5470. The van der Waals surface area contributed by atoms with Crippen molar-refractivity contribution in [2.24, 2.45) is 0 Å². The van der Waals surface area contributed by atoms with Crippen LogP contribution in [0.3, 0.4) is 0 Å². The van der Waals surface area contributed by atoms with Gasteiger partial charge in [0.15, 0.2) is 0 Å². The number of H-pyrrole nitrogens is 2. The number of nitrogens with zero attached hydrogens (tertiary/aromatic N) is 2. The maximum absolute atomic E-state index is 7.90. The second-order valence-corrected chi connectivity index (χ2v) is 30.5. The highest BCUT2D eigenvalue weighted by atomic mass is 35.5. The van der Waals surface area contributed by atoms with Gasteiger partial charge in [-0.3, -0.25) is 0 Å². The van der Waals surface area contributed by atoms with Crippen LogP contribution in [0.2, 0.25) is 40.2 Å². The Balaban J connectivity index is 1.07. The highest BCUT2D eigenvalue weighted by Crippen LogP contribution is 2.58. The fourth-order valence-electron chi connectivity index (χ4n) is 14.9. The predicted molar refractivity (Wildman–Crippen MR) is 475 cm³/mol. The molecule has 0 radical (unpaired) electrons. The summed E-state index contributed by atoms with van der Waals surface area (Å²) in [6, 6.07) is 89.5. The number of rotatable bonds is 24. The second-order valence-electron chi connectivity index (χ2n) is 27.5. The van der Waals surface area contributed by atoms with E-state index in [1.807, 2.05) is 146 Å². The Morgan fingerprint density at radius 1 is 0.196 bits per heavy atom. The van der Waals surface area contributed by atoms with Crippen LogP contribution in [0.1, 0.15) is 44.5 Å². The molecule has 0 aliphatic carbocycles. The van der Waals surface area contributed by atoms with Crippen LogP contribution in [-0.4, -0.2) is 19.9 Å². The molecule has 20 heteroatoms. The standard InChI is InChI=1S/C92H70Cl8N12/c93-77-78(94)86(102-46-54-27-11-2-12-28-54)70-62-42-64-72-74(90(106-50-58-35-19-6-20-36-58)82(98)81(97)88(72)104-48-56-31-15-4-16-32-56)66(111-64)44-68-76-75(91(107-51-59-37-21-7-22-38-59)83(99)84(100)92(76)108-52-60-39-23-8-24-40-60)67(112-68)43-65-73-71(63(110-65)41-61(109-62)69(70)85(77)101-45-53-25-9-1-10-26-53)87(103-47-55-29-13-3-14-30-55)79(95)80(96)89(73)105-49-57-33-17-5-18-34-57/h1-44,101-109,112H,45-52H2. The molecule has 17 rings (SSSR count). The van der Waals surface area contributed by atoms with Gasteiger partial charge in [-0.25, -0.2) is 9.97 Å². The number of nitrogens with one attached hydrogen (secondary N) is 10. The highest BCUT2D eigenvalue weighted by Gasteiger charge is 2.34. The third-order valence-electron chi connectivity index (χ3n) is 20.3. The van der Waals surface area contributed by atoms with Crippen molar-refractivity contribution in [3.05, 3.63) is 352 Å². The summed E-state index contributed by atoms with van der Waals surface area (Å²) in [6.07, 6.45) is 0. The molecule has 112 heavy (non-hydrogen) atoms. The van der Waals surface area contributed by atoms with Gasteiger partial charge in [-0.2, -0.15) is 0 Å². The molecule has 0 unspecified atom stereocenters. The molecule has 0 amide bonds. The van der Waals surface area contributed by atoms with E-state index in [4.69, 9.17) is 103 Å². The minimum atomic E-state index is 0.279. The first-order chi connectivity index (χ1) is 54.9. The van der Waals surface area contributed by atoms with E-state index in [9.17, 15) is 0 Å². The molecule has 3 aromatic heterocycles. The summed E-state index contributed by atoms with van der Waals surface area (Å²) in [5.41, 5.74) is 19.5. The molecule has 554 valence electrons. The molecule has 0 saturated heterocycles. The quantitative estimate of drug-likeness (QED) is 0.0283. The molecule has 0 spiro atoms. The van der Waals surface area contributed by atoms with E-state index in [1.54, 1.807) is 0 Å². The van der Waals surface area contributed by atoms with E-state index in [-0.39, 0.29) is 40.2 Å². The monoisotopic (exact) mass is 1620 g/mol. The van der Waals surface area contributed by atoms with Crippen molar-refractivity contribution in [3.8, 4) is 45.0 Å². The summed E-state index contributed by atoms with van der Waals surface area (Å²) >= 11 is 63.2. The Morgan fingerprint density at radius 2 is 0.339 bits per heavy atom. The third kappa shape index (κ3) is 14.9. The van der Waals surface area contributed by atoms with Gasteiger partial charge in [0.2, 0.25) is 0 Å². The zero-order chi connectivity index (χ0) is 76.3. The fourth-order valence-corrected chi connectivity index (χ4v) is 16.9. The maximum Gasteiger partial charge on any atom is 0.0852 e. The molecule has 12 aromatic carbocycles. The maximum atomic E-state index is 7.90. The summed E-state index contributed by atoms with van der Waals surface area (Å²) in [4.78, 5) is 19.9.